The summed E-state index contributed by atoms with van der Waals surface area (Å²) in [5.74, 6) is -0.0131. The lowest BCUT2D eigenvalue weighted by Gasteiger charge is -2.18. The van der Waals surface area contributed by atoms with Crippen molar-refractivity contribution in [3.63, 3.8) is 0 Å². The molecule has 0 fully saturated rings. The molecule has 0 spiro atoms. The zero-order valence-electron chi connectivity index (χ0n) is 17.9. The Labute approximate surface area is 186 Å². The Kier molecular flexibility index (Phi) is 7.59. The number of hydrogen-bond acceptors (Lipinski definition) is 4. The van der Waals surface area contributed by atoms with Gasteiger partial charge in [0.1, 0.15) is 5.75 Å². The van der Waals surface area contributed by atoms with Crippen LogP contribution in [-0.4, -0.2) is 24.8 Å². The van der Waals surface area contributed by atoms with E-state index in [1.807, 2.05) is 30.3 Å². The van der Waals surface area contributed by atoms with Crippen LogP contribution in [0.5, 0.6) is 5.75 Å². The van der Waals surface area contributed by atoms with Crippen molar-refractivity contribution >= 4 is 29.1 Å². The fourth-order valence-electron chi connectivity index (χ4n) is 3.16. The SMILES string of the molecule is COc1ccc(NC(=O)c2ccc(NC(=O)CC(NC(C)=O)c3ccccc3)cc2)cc1. The van der Waals surface area contributed by atoms with Crippen LogP contribution in [-0.2, 0) is 9.59 Å². The topological polar surface area (TPSA) is 96.5 Å². The highest BCUT2D eigenvalue weighted by atomic mass is 16.5. The normalized spacial score (nSPS) is 11.2. The summed E-state index contributed by atoms with van der Waals surface area (Å²) in [6, 6.07) is 22.5. The molecule has 0 aliphatic carbocycles. The summed E-state index contributed by atoms with van der Waals surface area (Å²) in [5, 5.41) is 8.42. The maximum absolute atomic E-state index is 12.5. The van der Waals surface area contributed by atoms with Gasteiger partial charge in [-0.1, -0.05) is 30.3 Å². The van der Waals surface area contributed by atoms with Crippen molar-refractivity contribution in [1.29, 1.82) is 0 Å². The minimum atomic E-state index is -0.428. The maximum atomic E-state index is 12.5. The van der Waals surface area contributed by atoms with Gasteiger partial charge >= 0.3 is 0 Å². The van der Waals surface area contributed by atoms with Crippen LogP contribution in [0.3, 0.4) is 0 Å². The van der Waals surface area contributed by atoms with E-state index in [4.69, 9.17) is 4.74 Å². The molecule has 0 aromatic heterocycles. The Balaban J connectivity index is 1.59. The first-order chi connectivity index (χ1) is 15.4. The quantitative estimate of drug-likeness (QED) is 0.499. The van der Waals surface area contributed by atoms with Crippen LogP contribution < -0.4 is 20.7 Å². The second-order valence-corrected chi connectivity index (χ2v) is 7.18. The van der Waals surface area contributed by atoms with Crippen molar-refractivity contribution in [3.05, 3.63) is 90.0 Å². The van der Waals surface area contributed by atoms with E-state index in [1.165, 1.54) is 6.92 Å². The second kappa shape index (κ2) is 10.8. The molecule has 1 unspecified atom stereocenters. The van der Waals surface area contributed by atoms with E-state index in [-0.39, 0.29) is 24.1 Å². The summed E-state index contributed by atoms with van der Waals surface area (Å²) in [6.45, 7) is 1.42. The average Bonchev–Trinajstić information content (AvgIpc) is 2.80. The first-order valence-electron chi connectivity index (χ1n) is 10.1. The predicted octanol–water partition coefficient (Wildman–Crippen LogP) is 4.15. The van der Waals surface area contributed by atoms with E-state index in [0.29, 0.717) is 22.7 Å². The van der Waals surface area contributed by atoms with E-state index in [9.17, 15) is 14.4 Å². The number of ether oxygens (including phenoxy) is 1. The molecule has 0 saturated carbocycles. The minimum absolute atomic E-state index is 0.0866. The highest BCUT2D eigenvalue weighted by Crippen LogP contribution is 2.19. The second-order valence-electron chi connectivity index (χ2n) is 7.18. The Morgan fingerprint density at radius 2 is 1.41 bits per heavy atom. The van der Waals surface area contributed by atoms with Crippen LogP contribution >= 0.6 is 0 Å². The van der Waals surface area contributed by atoms with Crippen molar-refractivity contribution in [2.45, 2.75) is 19.4 Å². The highest BCUT2D eigenvalue weighted by molar-refractivity contribution is 6.04. The molecule has 3 aromatic carbocycles. The molecular formula is C25H25N3O4. The molecule has 0 aliphatic rings. The van der Waals surface area contributed by atoms with Gasteiger partial charge in [-0.15, -0.1) is 0 Å². The Morgan fingerprint density at radius 3 is 2.00 bits per heavy atom. The van der Waals surface area contributed by atoms with Crippen LogP contribution in [0.25, 0.3) is 0 Å². The van der Waals surface area contributed by atoms with Gasteiger partial charge in [0.25, 0.3) is 5.91 Å². The monoisotopic (exact) mass is 431 g/mol. The van der Waals surface area contributed by atoms with Gasteiger partial charge in [0.2, 0.25) is 11.8 Å². The van der Waals surface area contributed by atoms with E-state index in [0.717, 1.165) is 5.56 Å². The third kappa shape index (κ3) is 6.43. The lowest BCUT2D eigenvalue weighted by atomic mass is 10.0. The fourth-order valence-corrected chi connectivity index (χ4v) is 3.16. The smallest absolute Gasteiger partial charge is 0.255 e. The van der Waals surface area contributed by atoms with Crippen LogP contribution in [0.2, 0.25) is 0 Å². The van der Waals surface area contributed by atoms with Crippen molar-refractivity contribution in [2.75, 3.05) is 17.7 Å². The number of benzene rings is 3. The number of carbonyl (C=O) groups is 3. The molecule has 1 atom stereocenters. The Morgan fingerprint density at radius 1 is 0.812 bits per heavy atom. The van der Waals surface area contributed by atoms with Gasteiger partial charge in [-0.3, -0.25) is 14.4 Å². The first-order valence-corrected chi connectivity index (χ1v) is 10.1. The fraction of sp³-hybridized carbons (Fsp3) is 0.160. The molecule has 3 N–H and O–H groups in total. The van der Waals surface area contributed by atoms with Gasteiger partial charge in [0.05, 0.1) is 19.6 Å². The van der Waals surface area contributed by atoms with Gasteiger partial charge in [-0.25, -0.2) is 0 Å². The van der Waals surface area contributed by atoms with Crippen LogP contribution in [0.15, 0.2) is 78.9 Å². The maximum Gasteiger partial charge on any atom is 0.255 e. The van der Waals surface area contributed by atoms with Crippen LogP contribution in [0, 0.1) is 0 Å². The number of anilines is 2. The molecule has 0 saturated heterocycles. The number of carbonyl (C=O) groups excluding carboxylic acids is 3. The summed E-state index contributed by atoms with van der Waals surface area (Å²) >= 11 is 0. The largest absolute Gasteiger partial charge is 0.497 e. The van der Waals surface area contributed by atoms with Crippen LogP contribution in [0.4, 0.5) is 11.4 Å². The molecular weight excluding hydrogens is 406 g/mol. The summed E-state index contributed by atoms with van der Waals surface area (Å²) in [6.07, 6.45) is 0.0866. The van der Waals surface area contributed by atoms with Gasteiger partial charge in [0.15, 0.2) is 0 Å². The van der Waals surface area contributed by atoms with Crippen molar-refractivity contribution in [3.8, 4) is 5.75 Å². The molecule has 7 heteroatoms. The molecule has 0 aliphatic heterocycles. The number of amides is 3. The highest BCUT2D eigenvalue weighted by Gasteiger charge is 2.17. The summed E-state index contributed by atoms with van der Waals surface area (Å²) in [4.78, 5) is 36.5. The summed E-state index contributed by atoms with van der Waals surface area (Å²) < 4.78 is 5.10. The molecule has 3 aromatic rings. The van der Waals surface area contributed by atoms with E-state index in [1.54, 1.807) is 55.6 Å². The van der Waals surface area contributed by atoms with Gasteiger partial charge < -0.3 is 20.7 Å². The van der Waals surface area contributed by atoms with E-state index in [2.05, 4.69) is 16.0 Å². The summed E-state index contributed by atoms with van der Waals surface area (Å²) in [7, 11) is 1.58. The number of hydrogen-bond donors (Lipinski definition) is 3. The molecule has 7 nitrogen and oxygen atoms in total. The molecule has 0 heterocycles. The first kappa shape index (κ1) is 22.6. The van der Waals surface area contributed by atoms with Crippen molar-refractivity contribution in [2.24, 2.45) is 0 Å². The lowest BCUT2D eigenvalue weighted by molar-refractivity contribution is -0.120. The van der Waals surface area contributed by atoms with Gasteiger partial charge in [0, 0.05) is 23.9 Å². The molecule has 0 bridgehead atoms. The van der Waals surface area contributed by atoms with E-state index < -0.39 is 6.04 Å². The lowest BCUT2D eigenvalue weighted by Crippen LogP contribution is -2.29. The standard InChI is InChI=1S/C25H25N3O4/c1-17(29)26-23(18-6-4-3-5-7-18)16-24(30)27-20-10-8-19(9-11-20)25(31)28-21-12-14-22(32-2)15-13-21/h3-15,23H,16H2,1-2H3,(H,26,29)(H,27,30)(H,28,31). The number of nitrogens with one attached hydrogen (secondary N) is 3. The van der Waals surface area contributed by atoms with Crippen molar-refractivity contribution < 1.29 is 19.1 Å². The molecule has 164 valence electrons. The Hall–Kier alpha value is -4.13. The average molecular weight is 431 g/mol. The molecule has 3 amide bonds. The zero-order valence-corrected chi connectivity index (χ0v) is 17.9. The summed E-state index contributed by atoms with van der Waals surface area (Å²) in [5.41, 5.74) is 2.52. The van der Waals surface area contributed by atoms with Gasteiger partial charge in [-0.05, 0) is 54.1 Å². The van der Waals surface area contributed by atoms with Crippen LogP contribution in [0.1, 0.15) is 35.3 Å². The third-order valence-electron chi connectivity index (χ3n) is 4.75. The van der Waals surface area contributed by atoms with Gasteiger partial charge in [-0.2, -0.15) is 0 Å². The number of methoxy groups -OCH3 is 1. The molecule has 0 radical (unpaired) electrons. The third-order valence-corrected chi connectivity index (χ3v) is 4.75. The zero-order chi connectivity index (χ0) is 22.9. The van der Waals surface area contributed by atoms with E-state index >= 15 is 0 Å². The van der Waals surface area contributed by atoms with Crippen molar-refractivity contribution in [1.82, 2.24) is 5.32 Å². The number of rotatable bonds is 8. The Bertz CT molecular complexity index is 1060. The molecule has 3 rings (SSSR count). The molecule has 32 heavy (non-hydrogen) atoms. The minimum Gasteiger partial charge on any atom is -0.497 e. The predicted molar refractivity (Wildman–Crippen MR) is 124 cm³/mol.